The van der Waals surface area contributed by atoms with E-state index >= 15 is 0 Å². The Morgan fingerprint density at radius 1 is 1.36 bits per heavy atom. The second kappa shape index (κ2) is 8.65. The highest BCUT2D eigenvalue weighted by Gasteiger charge is 2.24. The van der Waals surface area contributed by atoms with Gasteiger partial charge < -0.3 is 10.1 Å². The van der Waals surface area contributed by atoms with E-state index in [4.69, 9.17) is 21.6 Å². The van der Waals surface area contributed by atoms with Gasteiger partial charge in [0.25, 0.3) is 0 Å². The van der Waals surface area contributed by atoms with E-state index in [1.807, 2.05) is 12.1 Å². The zero-order valence-corrected chi connectivity index (χ0v) is 16.3. The lowest BCUT2D eigenvalue weighted by molar-refractivity contribution is -0.116. The minimum absolute atomic E-state index is 0.0173. The largest absolute Gasteiger partial charge is 0.462 e. The molecule has 8 nitrogen and oxygen atoms in total. The van der Waals surface area contributed by atoms with Crippen LogP contribution in [0.2, 0.25) is 5.02 Å². The molecule has 0 spiro atoms. The molecule has 2 aromatic heterocycles. The number of nitrogens with one attached hydrogen (secondary N) is 1. The number of anilines is 1. The fourth-order valence-electron chi connectivity index (χ4n) is 2.51. The number of benzene rings is 1. The molecule has 0 atom stereocenters. The van der Waals surface area contributed by atoms with Crippen molar-refractivity contribution in [2.24, 2.45) is 0 Å². The molecule has 1 amide bonds. The summed E-state index contributed by atoms with van der Waals surface area (Å²) >= 11 is 7.46. The van der Waals surface area contributed by atoms with Crippen molar-refractivity contribution in [3.63, 3.8) is 0 Å². The standard InChI is InChI=1S/C18H14ClN5O3S/c1-2-27-18(26)16-12(11-5-3-4-6-13(11)19)9-28-17(16)22-15(25)8-24-10-21-23-14(24)7-20/h3-6,9-10H,2,8H2,1H3,(H,22,25). The number of carbonyl (C=O) groups is 2. The van der Waals surface area contributed by atoms with Crippen LogP contribution in [0.1, 0.15) is 23.1 Å². The molecule has 3 aromatic rings. The number of hydrogen-bond donors (Lipinski definition) is 1. The van der Waals surface area contributed by atoms with Gasteiger partial charge in [-0.3, -0.25) is 9.36 Å². The summed E-state index contributed by atoms with van der Waals surface area (Å²) in [5.41, 5.74) is 1.47. The van der Waals surface area contributed by atoms with Crippen LogP contribution in [0, 0.1) is 11.3 Å². The maximum absolute atomic E-state index is 12.6. The molecule has 142 valence electrons. The number of nitriles is 1. The maximum Gasteiger partial charge on any atom is 0.341 e. The third-order valence-electron chi connectivity index (χ3n) is 3.72. The number of thiophene rings is 1. The third kappa shape index (κ3) is 4.03. The SMILES string of the molecule is CCOC(=O)c1c(-c2ccccc2Cl)csc1NC(=O)Cn1cnnc1C#N. The van der Waals surface area contributed by atoms with Gasteiger partial charge in [-0.05, 0) is 13.0 Å². The third-order valence-corrected chi connectivity index (χ3v) is 4.94. The molecule has 0 aliphatic heterocycles. The summed E-state index contributed by atoms with van der Waals surface area (Å²) in [4.78, 5) is 25.0. The molecule has 0 unspecified atom stereocenters. The Hall–Kier alpha value is -3.22. The highest BCUT2D eigenvalue weighted by molar-refractivity contribution is 7.15. The first-order chi connectivity index (χ1) is 13.5. The zero-order valence-electron chi connectivity index (χ0n) is 14.7. The highest BCUT2D eigenvalue weighted by Crippen LogP contribution is 2.39. The molecule has 0 aliphatic rings. The van der Waals surface area contributed by atoms with E-state index in [0.717, 1.165) is 0 Å². The number of ether oxygens (including phenoxy) is 1. The Morgan fingerprint density at radius 2 is 2.14 bits per heavy atom. The van der Waals surface area contributed by atoms with Gasteiger partial charge in [0.15, 0.2) is 0 Å². The average Bonchev–Trinajstić information content (AvgIpc) is 3.29. The van der Waals surface area contributed by atoms with Crippen molar-refractivity contribution in [3.05, 3.63) is 52.4 Å². The zero-order chi connectivity index (χ0) is 20.1. The molecule has 2 heterocycles. The van der Waals surface area contributed by atoms with Gasteiger partial charge in [0.05, 0.1) is 6.61 Å². The summed E-state index contributed by atoms with van der Waals surface area (Å²) in [5, 5.41) is 21.4. The van der Waals surface area contributed by atoms with Crippen LogP contribution < -0.4 is 5.32 Å². The van der Waals surface area contributed by atoms with Gasteiger partial charge in [-0.1, -0.05) is 29.8 Å². The molecule has 1 N–H and O–H groups in total. The molecule has 0 radical (unpaired) electrons. The van der Waals surface area contributed by atoms with Gasteiger partial charge in [-0.15, -0.1) is 21.5 Å². The van der Waals surface area contributed by atoms with E-state index in [1.165, 1.54) is 22.2 Å². The number of rotatable bonds is 6. The van der Waals surface area contributed by atoms with Crippen molar-refractivity contribution in [1.82, 2.24) is 14.8 Å². The Morgan fingerprint density at radius 3 is 2.86 bits per heavy atom. The second-order valence-electron chi connectivity index (χ2n) is 5.50. The van der Waals surface area contributed by atoms with Crippen LogP contribution in [0.25, 0.3) is 11.1 Å². The lowest BCUT2D eigenvalue weighted by atomic mass is 10.0. The number of hydrogen-bond acceptors (Lipinski definition) is 7. The first-order valence-electron chi connectivity index (χ1n) is 8.16. The lowest BCUT2D eigenvalue weighted by Gasteiger charge is -2.10. The summed E-state index contributed by atoms with van der Waals surface area (Å²) in [6.07, 6.45) is 1.29. The topological polar surface area (TPSA) is 110 Å². The summed E-state index contributed by atoms with van der Waals surface area (Å²) in [6, 6.07) is 8.95. The minimum Gasteiger partial charge on any atom is -0.462 e. The molecule has 28 heavy (non-hydrogen) atoms. The first kappa shape index (κ1) is 19.5. The molecule has 10 heteroatoms. The summed E-state index contributed by atoms with van der Waals surface area (Å²) in [5.74, 6) is -0.978. The van der Waals surface area contributed by atoms with Crippen LogP contribution in [-0.2, 0) is 16.1 Å². The summed E-state index contributed by atoms with van der Waals surface area (Å²) in [7, 11) is 0. The number of halogens is 1. The van der Waals surface area contributed by atoms with Gasteiger partial charge in [-0.2, -0.15) is 5.26 Å². The van der Waals surface area contributed by atoms with Crippen molar-refractivity contribution in [1.29, 1.82) is 5.26 Å². The predicted octanol–water partition coefficient (Wildman–Crippen LogP) is 3.35. The summed E-state index contributed by atoms with van der Waals surface area (Å²) < 4.78 is 6.47. The van der Waals surface area contributed by atoms with Gasteiger partial charge in [-0.25, -0.2) is 4.79 Å². The van der Waals surface area contributed by atoms with Crippen LogP contribution in [0.15, 0.2) is 36.0 Å². The number of amides is 1. The number of esters is 1. The quantitative estimate of drug-likeness (QED) is 0.618. The van der Waals surface area contributed by atoms with Crippen molar-refractivity contribution in [2.45, 2.75) is 13.5 Å². The Bertz CT molecular complexity index is 1070. The summed E-state index contributed by atoms with van der Waals surface area (Å²) in [6.45, 7) is 1.72. The normalized spacial score (nSPS) is 10.3. The van der Waals surface area contributed by atoms with Crippen molar-refractivity contribution in [3.8, 4) is 17.2 Å². The monoisotopic (exact) mass is 415 g/mol. The molecule has 0 saturated carbocycles. The van der Waals surface area contributed by atoms with Gasteiger partial charge in [0, 0.05) is 21.5 Å². The number of carbonyl (C=O) groups excluding carboxylic acids is 2. The Balaban J connectivity index is 1.93. The highest BCUT2D eigenvalue weighted by atomic mass is 35.5. The van der Waals surface area contributed by atoms with Crippen LogP contribution in [0.3, 0.4) is 0 Å². The van der Waals surface area contributed by atoms with Gasteiger partial charge in [0.1, 0.15) is 29.5 Å². The molecular weight excluding hydrogens is 402 g/mol. The average molecular weight is 416 g/mol. The fraction of sp³-hybridized carbons (Fsp3) is 0.167. The van der Waals surface area contributed by atoms with Crippen molar-refractivity contribution < 1.29 is 14.3 Å². The molecule has 0 saturated heterocycles. The van der Waals surface area contributed by atoms with E-state index in [2.05, 4.69) is 15.5 Å². The number of nitrogens with zero attached hydrogens (tertiary/aromatic N) is 4. The van der Waals surface area contributed by atoms with Crippen LogP contribution in [0.5, 0.6) is 0 Å². The smallest absolute Gasteiger partial charge is 0.341 e. The molecule has 0 aliphatic carbocycles. The lowest BCUT2D eigenvalue weighted by Crippen LogP contribution is -2.20. The van der Waals surface area contributed by atoms with Crippen LogP contribution in [-0.4, -0.2) is 33.2 Å². The Labute approximate surface area is 169 Å². The van der Waals surface area contributed by atoms with E-state index in [1.54, 1.807) is 30.5 Å². The minimum atomic E-state index is -0.559. The van der Waals surface area contributed by atoms with Crippen LogP contribution >= 0.6 is 22.9 Å². The Kier molecular flexibility index (Phi) is 6.03. The fourth-order valence-corrected chi connectivity index (χ4v) is 3.71. The second-order valence-corrected chi connectivity index (χ2v) is 6.78. The predicted molar refractivity (Wildman–Crippen MR) is 104 cm³/mol. The first-order valence-corrected chi connectivity index (χ1v) is 9.42. The molecule has 0 fully saturated rings. The van der Waals surface area contributed by atoms with E-state index < -0.39 is 11.9 Å². The number of aromatic nitrogens is 3. The van der Waals surface area contributed by atoms with E-state index in [0.29, 0.717) is 21.2 Å². The van der Waals surface area contributed by atoms with E-state index in [-0.39, 0.29) is 24.5 Å². The maximum atomic E-state index is 12.6. The molecule has 1 aromatic carbocycles. The molecule has 0 bridgehead atoms. The van der Waals surface area contributed by atoms with Crippen molar-refractivity contribution in [2.75, 3.05) is 11.9 Å². The van der Waals surface area contributed by atoms with Crippen molar-refractivity contribution >= 4 is 39.8 Å². The van der Waals surface area contributed by atoms with Gasteiger partial charge in [0.2, 0.25) is 11.7 Å². The van der Waals surface area contributed by atoms with E-state index in [9.17, 15) is 9.59 Å². The molecule has 3 rings (SSSR count). The van der Waals surface area contributed by atoms with Crippen LogP contribution in [0.4, 0.5) is 5.00 Å². The molecular formula is C18H14ClN5O3S. The van der Waals surface area contributed by atoms with Gasteiger partial charge >= 0.3 is 5.97 Å².